The van der Waals surface area contributed by atoms with Crippen LogP contribution in [0.15, 0.2) is 36.4 Å². The van der Waals surface area contributed by atoms with Crippen molar-refractivity contribution < 1.29 is 23.4 Å². The van der Waals surface area contributed by atoms with Gasteiger partial charge in [-0.15, -0.1) is 0 Å². The minimum absolute atomic E-state index is 0.110. The molecule has 2 aromatic rings. The number of carbonyl (C=O) groups excluding carboxylic acids is 1. The summed E-state index contributed by atoms with van der Waals surface area (Å²) in [4.78, 5) is 14.7. The first-order valence-corrected chi connectivity index (χ1v) is 8.42. The number of rotatable bonds is 7. The molecule has 1 aliphatic rings. The molecule has 1 amide bonds. The second kappa shape index (κ2) is 7.64. The summed E-state index contributed by atoms with van der Waals surface area (Å²) in [7, 11) is 4.67. The highest BCUT2D eigenvalue weighted by Gasteiger charge is 2.33. The van der Waals surface area contributed by atoms with Crippen LogP contribution in [0.25, 0.3) is 0 Å². The maximum Gasteiger partial charge on any atom is 0.254 e. The number of benzene rings is 2. The molecule has 0 unspecified atom stereocenters. The molecule has 2 aromatic carbocycles. The van der Waals surface area contributed by atoms with E-state index < -0.39 is 0 Å². The van der Waals surface area contributed by atoms with Crippen molar-refractivity contribution in [2.75, 3.05) is 21.3 Å². The lowest BCUT2D eigenvalue weighted by Gasteiger charge is -2.24. The molecule has 138 valence electrons. The molecular weight excluding hydrogens is 337 g/mol. The van der Waals surface area contributed by atoms with Gasteiger partial charge in [0, 0.05) is 18.2 Å². The maximum absolute atomic E-state index is 13.1. The molecule has 0 saturated heterocycles. The number of hydrogen-bond donors (Lipinski definition) is 0. The van der Waals surface area contributed by atoms with E-state index in [9.17, 15) is 9.18 Å². The van der Waals surface area contributed by atoms with Gasteiger partial charge in [0.15, 0.2) is 11.5 Å². The van der Waals surface area contributed by atoms with Crippen LogP contribution in [0.2, 0.25) is 0 Å². The minimum atomic E-state index is -0.357. The lowest BCUT2D eigenvalue weighted by molar-refractivity contribution is 0.0729. The summed E-state index contributed by atoms with van der Waals surface area (Å²) in [5.74, 6) is 1.14. The number of ether oxygens (including phenoxy) is 3. The van der Waals surface area contributed by atoms with E-state index in [2.05, 4.69) is 0 Å². The number of carbonyl (C=O) groups is 1. The van der Waals surface area contributed by atoms with Gasteiger partial charge in [-0.2, -0.15) is 0 Å². The quantitative estimate of drug-likeness (QED) is 0.757. The summed E-state index contributed by atoms with van der Waals surface area (Å²) in [6, 6.07) is 9.52. The summed E-state index contributed by atoms with van der Waals surface area (Å²) >= 11 is 0. The summed E-state index contributed by atoms with van der Waals surface area (Å²) < 4.78 is 29.3. The van der Waals surface area contributed by atoms with Gasteiger partial charge in [-0.1, -0.05) is 0 Å². The molecule has 1 saturated carbocycles. The molecule has 0 heterocycles. The summed E-state index contributed by atoms with van der Waals surface area (Å²) in [6.45, 7) is 0.414. The van der Waals surface area contributed by atoms with Crippen molar-refractivity contribution in [2.45, 2.75) is 25.4 Å². The van der Waals surface area contributed by atoms with Gasteiger partial charge in [-0.25, -0.2) is 4.39 Å². The van der Waals surface area contributed by atoms with Crippen LogP contribution in [0.5, 0.6) is 17.2 Å². The normalized spacial score (nSPS) is 13.2. The molecule has 3 rings (SSSR count). The molecule has 0 spiro atoms. The predicted octanol–water partition coefficient (Wildman–Crippen LogP) is 3.66. The van der Waals surface area contributed by atoms with E-state index in [1.54, 1.807) is 21.3 Å². The molecule has 5 nitrogen and oxygen atoms in total. The van der Waals surface area contributed by atoms with Crippen LogP contribution < -0.4 is 14.2 Å². The van der Waals surface area contributed by atoms with Gasteiger partial charge in [0.25, 0.3) is 5.91 Å². The third-order valence-electron chi connectivity index (χ3n) is 4.42. The van der Waals surface area contributed by atoms with E-state index in [0.717, 1.165) is 18.4 Å². The van der Waals surface area contributed by atoms with E-state index in [1.807, 2.05) is 17.0 Å². The van der Waals surface area contributed by atoms with Crippen LogP contribution in [-0.2, 0) is 6.54 Å². The summed E-state index contributed by atoms with van der Waals surface area (Å²) in [6.07, 6.45) is 1.94. The van der Waals surface area contributed by atoms with E-state index in [1.165, 1.54) is 24.3 Å². The van der Waals surface area contributed by atoms with Crippen LogP contribution in [0.4, 0.5) is 4.39 Å². The molecule has 1 fully saturated rings. The van der Waals surface area contributed by atoms with Crippen molar-refractivity contribution in [1.29, 1.82) is 0 Å². The molecule has 0 bridgehead atoms. The molecule has 26 heavy (non-hydrogen) atoms. The van der Waals surface area contributed by atoms with Gasteiger partial charge in [-0.05, 0) is 54.8 Å². The SMILES string of the molecule is COc1cc(CN(C(=O)c2ccc(F)cc2)C2CC2)cc(OC)c1OC. The highest BCUT2D eigenvalue weighted by molar-refractivity contribution is 5.94. The smallest absolute Gasteiger partial charge is 0.254 e. The second-order valence-corrected chi connectivity index (χ2v) is 6.20. The molecule has 0 atom stereocenters. The third kappa shape index (κ3) is 3.74. The van der Waals surface area contributed by atoms with Crippen molar-refractivity contribution in [3.05, 3.63) is 53.3 Å². The fraction of sp³-hybridized carbons (Fsp3) is 0.350. The standard InChI is InChI=1S/C20H22FNO4/c1-24-17-10-13(11-18(25-2)19(17)26-3)12-22(16-8-9-16)20(23)14-4-6-15(21)7-5-14/h4-7,10-11,16H,8-9,12H2,1-3H3. The van der Waals surface area contributed by atoms with Crippen LogP contribution in [0, 0.1) is 5.82 Å². The highest BCUT2D eigenvalue weighted by atomic mass is 19.1. The largest absolute Gasteiger partial charge is 0.493 e. The Labute approximate surface area is 152 Å². The Morgan fingerprint density at radius 1 is 1.04 bits per heavy atom. The lowest BCUT2D eigenvalue weighted by atomic mass is 10.1. The van der Waals surface area contributed by atoms with Crippen molar-refractivity contribution in [2.24, 2.45) is 0 Å². The predicted molar refractivity (Wildman–Crippen MR) is 95.4 cm³/mol. The van der Waals surface area contributed by atoms with Crippen LogP contribution >= 0.6 is 0 Å². The average Bonchev–Trinajstić information content (AvgIpc) is 3.50. The van der Waals surface area contributed by atoms with Crippen LogP contribution in [-0.4, -0.2) is 38.2 Å². The molecule has 6 heteroatoms. The van der Waals surface area contributed by atoms with Crippen molar-refractivity contribution in [3.63, 3.8) is 0 Å². The summed E-state index contributed by atoms with van der Waals surface area (Å²) in [5, 5.41) is 0. The topological polar surface area (TPSA) is 48.0 Å². The molecule has 0 radical (unpaired) electrons. The molecule has 0 aromatic heterocycles. The van der Waals surface area contributed by atoms with Crippen LogP contribution in [0.1, 0.15) is 28.8 Å². The number of hydrogen-bond acceptors (Lipinski definition) is 4. The Kier molecular flexibility index (Phi) is 5.30. The van der Waals surface area contributed by atoms with E-state index in [4.69, 9.17) is 14.2 Å². The highest BCUT2D eigenvalue weighted by Crippen LogP contribution is 2.39. The number of nitrogens with zero attached hydrogens (tertiary/aromatic N) is 1. The van der Waals surface area contributed by atoms with Gasteiger partial charge in [0.1, 0.15) is 5.82 Å². The first-order chi connectivity index (χ1) is 12.6. The lowest BCUT2D eigenvalue weighted by Crippen LogP contribution is -2.32. The van der Waals surface area contributed by atoms with E-state index in [0.29, 0.717) is 29.4 Å². The maximum atomic E-state index is 13.1. The van der Waals surface area contributed by atoms with E-state index in [-0.39, 0.29) is 17.8 Å². The molecule has 0 N–H and O–H groups in total. The molecular formula is C20H22FNO4. The van der Waals surface area contributed by atoms with Gasteiger partial charge in [0.2, 0.25) is 5.75 Å². The Morgan fingerprint density at radius 3 is 2.08 bits per heavy atom. The zero-order chi connectivity index (χ0) is 18.7. The minimum Gasteiger partial charge on any atom is -0.493 e. The zero-order valence-corrected chi connectivity index (χ0v) is 15.1. The van der Waals surface area contributed by atoms with Crippen molar-refractivity contribution in [3.8, 4) is 17.2 Å². The van der Waals surface area contributed by atoms with Gasteiger partial charge in [0.05, 0.1) is 21.3 Å². The van der Waals surface area contributed by atoms with Gasteiger partial charge in [-0.3, -0.25) is 4.79 Å². The molecule has 0 aliphatic heterocycles. The fourth-order valence-corrected chi connectivity index (χ4v) is 2.93. The van der Waals surface area contributed by atoms with Crippen molar-refractivity contribution in [1.82, 2.24) is 4.90 Å². The number of methoxy groups -OCH3 is 3. The zero-order valence-electron chi connectivity index (χ0n) is 15.1. The van der Waals surface area contributed by atoms with Crippen LogP contribution in [0.3, 0.4) is 0 Å². The number of halogens is 1. The number of amides is 1. The van der Waals surface area contributed by atoms with Crippen molar-refractivity contribution >= 4 is 5.91 Å². The Hall–Kier alpha value is -2.76. The molecule has 1 aliphatic carbocycles. The Balaban J connectivity index is 1.89. The van der Waals surface area contributed by atoms with Gasteiger partial charge >= 0.3 is 0 Å². The first kappa shape index (κ1) is 18.0. The van der Waals surface area contributed by atoms with Gasteiger partial charge < -0.3 is 19.1 Å². The fourth-order valence-electron chi connectivity index (χ4n) is 2.93. The summed E-state index contributed by atoms with van der Waals surface area (Å²) in [5.41, 5.74) is 1.35. The third-order valence-corrected chi connectivity index (χ3v) is 4.42. The monoisotopic (exact) mass is 359 g/mol. The second-order valence-electron chi connectivity index (χ2n) is 6.20. The Bertz CT molecular complexity index is 762. The first-order valence-electron chi connectivity index (χ1n) is 8.42. The van der Waals surface area contributed by atoms with E-state index >= 15 is 0 Å². The average molecular weight is 359 g/mol. The Morgan fingerprint density at radius 2 is 1.62 bits per heavy atom.